The number of carbonyl (C=O) groups excluding carboxylic acids is 1. The monoisotopic (exact) mass is 480 g/mol. The number of fused-ring (bicyclic) bond motifs is 1. The summed E-state index contributed by atoms with van der Waals surface area (Å²) in [6.07, 6.45) is 1.87. The van der Waals surface area contributed by atoms with Crippen LogP contribution in [0.5, 0.6) is 0 Å². The number of carbonyl (C=O) groups is 1. The van der Waals surface area contributed by atoms with Gasteiger partial charge in [-0.05, 0) is 43.0 Å². The highest BCUT2D eigenvalue weighted by Gasteiger charge is 2.17. The van der Waals surface area contributed by atoms with Gasteiger partial charge >= 0.3 is 0 Å². The van der Waals surface area contributed by atoms with E-state index >= 15 is 0 Å². The fraction of sp³-hybridized carbons (Fsp3) is 0.350. The topological polar surface area (TPSA) is 135 Å². The summed E-state index contributed by atoms with van der Waals surface area (Å²) in [7, 11) is -3.86. The number of primary sulfonamides is 1. The molecule has 2 heterocycles. The molecule has 0 radical (unpaired) electrons. The first-order valence-electron chi connectivity index (χ1n) is 9.66. The molecule has 166 valence electrons. The van der Waals surface area contributed by atoms with Crippen LogP contribution in [-0.4, -0.2) is 30.0 Å². The summed E-state index contributed by atoms with van der Waals surface area (Å²) < 4.78 is 22.9. The number of benzene rings is 1. The minimum absolute atomic E-state index is 0.00185. The van der Waals surface area contributed by atoms with Crippen LogP contribution in [0.4, 0.5) is 5.69 Å². The van der Waals surface area contributed by atoms with E-state index in [-0.39, 0.29) is 22.1 Å². The van der Waals surface area contributed by atoms with Gasteiger partial charge in [0.05, 0.1) is 16.0 Å². The molecule has 0 aliphatic rings. The third-order valence-corrected chi connectivity index (χ3v) is 7.70. The molecule has 0 aliphatic carbocycles. The van der Waals surface area contributed by atoms with E-state index < -0.39 is 10.0 Å². The number of nitrogens with one attached hydrogen (secondary N) is 2. The average molecular weight is 481 g/mol. The summed E-state index contributed by atoms with van der Waals surface area (Å²) in [6, 6.07) is 5.70. The number of hydrogen-bond donors (Lipinski definition) is 3. The van der Waals surface area contributed by atoms with Gasteiger partial charge in [-0.3, -0.25) is 9.59 Å². The Morgan fingerprint density at radius 1 is 1.39 bits per heavy atom. The highest BCUT2D eigenvalue weighted by Crippen LogP contribution is 2.30. The van der Waals surface area contributed by atoms with Crippen molar-refractivity contribution in [3.05, 3.63) is 45.1 Å². The van der Waals surface area contributed by atoms with Gasteiger partial charge in [-0.1, -0.05) is 38.1 Å². The van der Waals surface area contributed by atoms with Gasteiger partial charge in [0.2, 0.25) is 15.9 Å². The van der Waals surface area contributed by atoms with Crippen LogP contribution in [0.3, 0.4) is 0 Å². The molecule has 1 atom stereocenters. The molecule has 1 aromatic carbocycles. The fourth-order valence-corrected chi connectivity index (χ4v) is 5.38. The number of aryl methyl sites for hydroxylation is 1. The van der Waals surface area contributed by atoms with Crippen molar-refractivity contribution in [2.75, 3.05) is 11.1 Å². The number of aromatic nitrogens is 2. The number of rotatable bonds is 8. The summed E-state index contributed by atoms with van der Waals surface area (Å²) in [6.45, 7) is 6.29. The molecule has 1 amide bonds. The summed E-state index contributed by atoms with van der Waals surface area (Å²) in [5.41, 5.74) is 1.17. The van der Waals surface area contributed by atoms with E-state index in [1.807, 2.05) is 6.92 Å². The van der Waals surface area contributed by atoms with Crippen LogP contribution in [0, 0.1) is 12.8 Å². The lowest BCUT2D eigenvalue weighted by Crippen LogP contribution is -2.17. The maximum Gasteiger partial charge on any atom is 0.260 e. The van der Waals surface area contributed by atoms with Crippen LogP contribution in [0.1, 0.15) is 30.7 Å². The summed E-state index contributed by atoms with van der Waals surface area (Å²) >= 11 is 2.59. The van der Waals surface area contributed by atoms with E-state index in [0.29, 0.717) is 27.0 Å². The molecule has 1 unspecified atom stereocenters. The quantitative estimate of drug-likeness (QED) is 0.334. The zero-order valence-electron chi connectivity index (χ0n) is 17.4. The normalized spacial score (nSPS) is 12.8. The van der Waals surface area contributed by atoms with Crippen molar-refractivity contribution in [2.45, 2.75) is 43.7 Å². The number of hydrogen-bond acceptors (Lipinski definition) is 7. The second kappa shape index (κ2) is 9.51. The van der Waals surface area contributed by atoms with Crippen molar-refractivity contribution in [3.8, 4) is 0 Å². The van der Waals surface area contributed by atoms with E-state index in [2.05, 4.69) is 29.1 Å². The molecule has 2 aromatic heterocycles. The number of anilines is 1. The molecule has 31 heavy (non-hydrogen) atoms. The van der Waals surface area contributed by atoms with Gasteiger partial charge in [0.1, 0.15) is 4.83 Å². The Hall–Kier alpha value is -2.21. The third-order valence-electron chi connectivity index (χ3n) is 4.88. The summed E-state index contributed by atoms with van der Waals surface area (Å²) in [4.78, 5) is 33.9. The Bertz CT molecular complexity index is 1280. The van der Waals surface area contributed by atoms with Crippen LogP contribution in [0.25, 0.3) is 10.2 Å². The molecular weight excluding hydrogens is 456 g/mol. The second-order valence-electron chi connectivity index (χ2n) is 7.32. The standard InChI is InChI=1S/C20H24N4O4S3/c1-4-11(2)8-15-12(3)30-19-17(15)18(26)23-20(24-19)29-10-16(25)22-13-6-5-7-14(9-13)31(21,27)28/h5-7,9,11H,4,8,10H2,1-3H3,(H,22,25)(H2,21,27,28)(H,23,24,26). The first-order chi connectivity index (χ1) is 14.6. The number of H-pyrrole nitrogens is 1. The van der Waals surface area contributed by atoms with Crippen molar-refractivity contribution in [1.82, 2.24) is 9.97 Å². The van der Waals surface area contributed by atoms with Gasteiger partial charge in [-0.25, -0.2) is 18.5 Å². The largest absolute Gasteiger partial charge is 0.325 e. The van der Waals surface area contributed by atoms with Gasteiger partial charge in [0, 0.05) is 10.6 Å². The molecule has 3 rings (SSSR count). The Morgan fingerprint density at radius 3 is 2.81 bits per heavy atom. The van der Waals surface area contributed by atoms with E-state index in [1.54, 1.807) is 6.07 Å². The van der Waals surface area contributed by atoms with Gasteiger partial charge < -0.3 is 10.3 Å². The number of thiophene rings is 1. The predicted molar refractivity (Wildman–Crippen MR) is 125 cm³/mol. The molecule has 0 fully saturated rings. The van der Waals surface area contributed by atoms with Crippen LogP contribution in [0.2, 0.25) is 0 Å². The second-order valence-corrected chi connectivity index (χ2v) is 11.0. The molecule has 0 saturated carbocycles. The number of amides is 1. The first-order valence-corrected chi connectivity index (χ1v) is 13.0. The van der Waals surface area contributed by atoms with Crippen LogP contribution < -0.4 is 16.0 Å². The van der Waals surface area contributed by atoms with Crippen LogP contribution in [-0.2, 0) is 21.2 Å². The molecule has 4 N–H and O–H groups in total. The zero-order valence-corrected chi connectivity index (χ0v) is 19.8. The van der Waals surface area contributed by atoms with Crippen LogP contribution >= 0.6 is 23.1 Å². The van der Waals surface area contributed by atoms with Gasteiger partial charge in [0.15, 0.2) is 5.16 Å². The Balaban J connectivity index is 1.73. The van der Waals surface area contributed by atoms with E-state index in [0.717, 1.165) is 35.0 Å². The average Bonchev–Trinajstić information content (AvgIpc) is 3.01. The van der Waals surface area contributed by atoms with Crippen molar-refractivity contribution in [3.63, 3.8) is 0 Å². The number of aromatic amines is 1. The molecule has 0 spiro atoms. The molecular formula is C20H24N4O4S3. The maximum atomic E-state index is 12.7. The highest BCUT2D eigenvalue weighted by atomic mass is 32.2. The molecule has 11 heteroatoms. The lowest BCUT2D eigenvalue weighted by atomic mass is 9.98. The zero-order chi connectivity index (χ0) is 22.8. The van der Waals surface area contributed by atoms with Crippen molar-refractivity contribution in [2.24, 2.45) is 11.1 Å². The predicted octanol–water partition coefficient (Wildman–Crippen LogP) is 3.26. The molecule has 0 saturated heterocycles. The molecule has 0 bridgehead atoms. The Labute approximate surface area is 188 Å². The number of sulfonamides is 1. The highest BCUT2D eigenvalue weighted by molar-refractivity contribution is 7.99. The Kier molecular flexibility index (Phi) is 7.20. The number of nitrogens with two attached hydrogens (primary N) is 1. The molecule has 0 aliphatic heterocycles. The SMILES string of the molecule is CCC(C)Cc1c(C)sc2nc(SCC(=O)Nc3cccc(S(N)(=O)=O)c3)[nH]c(=O)c12. The van der Waals surface area contributed by atoms with Gasteiger partial charge in [0.25, 0.3) is 5.56 Å². The van der Waals surface area contributed by atoms with E-state index in [4.69, 9.17) is 5.14 Å². The molecule has 3 aromatic rings. The lowest BCUT2D eigenvalue weighted by molar-refractivity contribution is -0.113. The summed E-state index contributed by atoms with van der Waals surface area (Å²) in [5.74, 6) is 0.110. The minimum atomic E-state index is -3.86. The third kappa shape index (κ3) is 5.73. The van der Waals surface area contributed by atoms with Crippen molar-refractivity contribution >= 4 is 54.9 Å². The maximum absolute atomic E-state index is 12.7. The van der Waals surface area contributed by atoms with Crippen molar-refractivity contribution < 1.29 is 13.2 Å². The Morgan fingerprint density at radius 2 is 2.13 bits per heavy atom. The lowest BCUT2D eigenvalue weighted by Gasteiger charge is -2.08. The summed E-state index contributed by atoms with van der Waals surface area (Å²) in [5, 5.41) is 8.73. The van der Waals surface area contributed by atoms with Gasteiger partial charge in [-0.2, -0.15) is 0 Å². The fourth-order valence-electron chi connectivity index (χ4n) is 3.04. The number of thioether (sulfide) groups is 1. The van der Waals surface area contributed by atoms with Crippen LogP contribution in [0.15, 0.2) is 39.1 Å². The van der Waals surface area contributed by atoms with Gasteiger partial charge in [-0.15, -0.1) is 11.3 Å². The van der Waals surface area contributed by atoms with E-state index in [9.17, 15) is 18.0 Å². The van der Waals surface area contributed by atoms with Crippen molar-refractivity contribution in [1.29, 1.82) is 0 Å². The first kappa shape index (κ1) is 23.5. The smallest absolute Gasteiger partial charge is 0.260 e. The molecule has 8 nitrogen and oxygen atoms in total. The minimum Gasteiger partial charge on any atom is -0.325 e. The van der Waals surface area contributed by atoms with E-state index in [1.165, 1.54) is 29.5 Å². The number of nitrogens with zero attached hydrogens (tertiary/aromatic N) is 1.